The quantitative estimate of drug-likeness (QED) is 0.633. The van der Waals surface area contributed by atoms with Gasteiger partial charge in [-0.25, -0.2) is 0 Å². The molecule has 3 aromatic carbocycles. The maximum atomic E-state index is 13.7. The van der Waals surface area contributed by atoms with Crippen molar-refractivity contribution in [3.05, 3.63) is 101 Å². The fourth-order valence-electron chi connectivity index (χ4n) is 4.66. The Kier molecular flexibility index (Phi) is 5.39. The zero-order valence-corrected chi connectivity index (χ0v) is 18.0. The summed E-state index contributed by atoms with van der Waals surface area (Å²) in [5.74, 6) is 0.142. The Morgan fingerprint density at radius 1 is 1.00 bits per heavy atom. The molecule has 5 rings (SSSR count). The van der Waals surface area contributed by atoms with Crippen LogP contribution in [-0.4, -0.2) is 29.9 Å². The van der Waals surface area contributed by atoms with Crippen LogP contribution in [0.25, 0.3) is 0 Å². The minimum absolute atomic E-state index is 0.00280. The van der Waals surface area contributed by atoms with Gasteiger partial charge in [-0.15, -0.1) is 0 Å². The van der Waals surface area contributed by atoms with Crippen LogP contribution in [0.2, 0.25) is 0 Å². The third-order valence-electron chi connectivity index (χ3n) is 6.34. The molecule has 0 radical (unpaired) electrons. The number of ether oxygens (including phenoxy) is 1. The third-order valence-corrected chi connectivity index (χ3v) is 6.34. The van der Waals surface area contributed by atoms with Gasteiger partial charge in [0.15, 0.2) is 0 Å². The lowest BCUT2D eigenvalue weighted by Crippen LogP contribution is -2.48. The number of hydrogen-bond donors (Lipinski definition) is 1. The standard InChI is InChI=1S/C27H26N2O3/c1-32-21-11-7-10-19(16-21)25-24(26(30)28-17-18-8-3-2-4-9-18)22-12-5-6-13-23(22)27(31)29(25)20-14-15-20/h2-13,16,20,24-25H,14-15,17H2,1H3,(H,28,30). The summed E-state index contributed by atoms with van der Waals surface area (Å²) in [4.78, 5) is 29.2. The highest BCUT2D eigenvalue weighted by Gasteiger charge is 2.49. The topological polar surface area (TPSA) is 58.6 Å². The predicted molar refractivity (Wildman–Crippen MR) is 122 cm³/mol. The van der Waals surface area contributed by atoms with E-state index in [0.29, 0.717) is 17.9 Å². The molecule has 2 atom stereocenters. The first kappa shape index (κ1) is 20.3. The van der Waals surface area contributed by atoms with Crippen molar-refractivity contribution in [1.29, 1.82) is 0 Å². The highest BCUT2D eigenvalue weighted by atomic mass is 16.5. The van der Waals surface area contributed by atoms with E-state index >= 15 is 0 Å². The lowest BCUT2D eigenvalue weighted by atomic mass is 9.79. The number of rotatable bonds is 6. The van der Waals surface area contributed by atoms with Gasteiger partial charge < -0.3 is 15.0 Å². The average Bonchev–Trinajstić information content (AvgIpc) is 3.68. The molecule has 0 aromatic heterocycles. The van der Waals surface area contributed by atoms with E-state index in [0.717, 1.165) is 29.5 Å². The Labute approximate surface area is 188 Å². The van der Waals surface area contributed by atoms with Crippen molar-refractivity contribution in [3.63, 3.8) is 0 Å². The molecule has 32 heavy (non-hydrogen) atoms. The molecule has 1 N–H and O–H groups in total. The SMILES string of the molecule is COc1cccc(C2C(C(=O)NCc3ccccc3)c3ccccc3C(=O)N2C2CC2)c1. The fourth-order valence-corrected chi connectivity index (χ4v) is 4.66. The summed E-state index contributed by atoms with van der Waals surface area (Å²) < 4.78 is 5.45. The van der Waals surface area contributed by atoms with Crippen LogP contribution in [0, 0.1) is 0 Å². The Morgan fingerprint density at radius 3 is 2.50 bits per heavy atom. The van der Waals surface area contributed by atoms with Gasteiger partial charge in [0, 0.05) is 18.2 Å². The molecule has 162 valence electrons. The van der Waals surface area contributed by atoms with Gasteiger partial charge in [-0.05, 0) is 47.7 Å². The number of benzene rings is 3. The maximum absolute atomic E-state index is 13.7. The van der Waals surface area contributed by atoms with Crippen LogP contribution < -0.4 is 10.1 Å². The molecular formula is C27H26N2O3. The Bertz CT molecular complexity index is 1140. The van der Waals surface area contributed by atoms with Gasteiger partial charge >= 0.3 is 0 Å². The summed E-state index contributed by atoms with van der Waals surface area (Å²) in [6.07, 6.45) is 1.93. The first-order chi connectivity index (χ1) is 15.7. The number of amides is 2. The normalized spacial score (nSPS) is 19.9. The molecule has 1 heterocycles. The highest BCUT2D eigenvalue weighted by Crippen LogP contribution is 2.48. The number of hydrogen-bond acceptors (Lipinski definition) is 3. The molecule has 2 amide bonds. The van der Waals surface area contributed by atoms with E-state index in [1.54, 1.807) is 7.11 Å². The minimum atomic E-state index is -0.500. The largest absolute Gasteiger partial charge is 0.497 e. The second-order valence-corrected chi connectivity index (χ2v) is 8.43. The van der Waals surface area contributed by atoms with Gasteiger partial charge in [-0.3, -0.25) is 9.59 Å². The number of carbonyl (C=O) groups excluding carboxylic acids is 2. The van der Waals surface area contributed by atoms with Crippen molar-refractivity contribution in [3.8, 4) is 5.75 Å². The number of nitrogens with zero attached hydrogens (tertiary/aromatic N) is 1. The summed E-state index contributed by atoms with van der Waals surface area (Å²) in [5.41, 5.74) is 3.36. The molecule has 1 aliphatic carbocycles. The van der Waals surface area contributed by atoms with E-state index in [1.807, 2.05) is 83.8 Å². The van der Waals surface area contributed by atoms with Crippen LogP contribution in [0.15, 0.2) is 78.9 Å². The Hall–Kier alpha value is -3.60. The first-order valence-electron chi connectivity index (χ1n) is 11.0. The Balaban J connectivity index is 1.58. The van der Waals surface area contributed by atoms with Gasteiger partial charge in [0.25, 0.3) is 5.91 Å². The molecule has 5 heteroatoms. The summed E-state index contributed by atoms with van der Waals surface area (Å²) >= 11 is 0. The maximum Gasteiger partial charge on any atom is 0.254 e. The highest BCUT2D eigenvalue weighted by molar-refractivity contribution is 6.01. The smallest absolute Gasteiger partial charge is 0.254 e. The summed E-state index contributed by atoms with van der Waals surface area (Å²) in [6.45, 7) is 0.445. The lowest BCUT2D eigenvalue weighted by molar-refractivity contribution is -0.124. The lowest BCUT2D eigenvalue weighted by Gasteiger charge is -2.42. The molecule has 2 aliphatic rings. The molecule has 2 unspecified atom stereocenters. The average molecular weight is 427 g/mol. The van der Waals surface area contributed by atoms with Gasteiger partial charge in [-0.1, -0.05) is 60.7 Å². The van der Waals surface area contributed by atoms with E-state index in [2.05, 4.69) is 5.32 Å². The summed E-state index contributed by atoms with van der Waals surface area (Å²) in [6, 6.07) is 24.9. The van der Waals surface area contributed by atoms with Crippen LogP contribution in [0.5, 0.6) is 5.75 Å². The second-order valence-electron chi connectivity index (χ2n) is 8.43. The van der Waals surface area contributed by atoms with Crippen molar-refractivity contribution < 1.29 is 14.3 Å². The van der Waals surface area contributed by atoms with Gasteiger partial charge in [0.1, 0.15) is 5.75 Å². The zero-order chi connectivity index (χ0) is 22.1. The van der Waals surface area contributed by atoms with E-state index in [4.69, 9.17) is 4.74 Å². The van der Waals surface area contributed by atoms with Gasteiger partial charge in [0.05, 0.1) is 19.1 Å². The first-order valence-corrected chi connectivity index (χ1v) is 11.0. The molecule has 0 spiro atoms. The van der Waals surface area contributed by atoms with Crippen LogP contribution >= 0.6 is 0 Å². The number of nitrogens with one attached hydrogen (secondary N) is 1. The molecule has 3 aromatic rings. The van der Waals surface area contributed by atoms with E-state index < -0.39 is 5.92 Å². The third kappa shape index (κ3) is 3.75. The summed E-state index contributed by atoms with van der Waals surface area (Å²) in [5, 5.41) is 3.12. The number of methoxy groups -OCH3 is 1. The monoisotopic (exact) mass is 426 g/mol. The minimum Gasteiger partial charge on any atom is -0.497 e. The predicted octanol–water partition coefficient (Wildman–Crippen LogP) is 4.45. The van der Waals surface area contributed by atoms with E-state index in [-0.39, 0.29) is 23.9 Å². The van der Waals surface area contributed by atoms with E-state index in [1.165, 1.54) is 0 Å². The van der Waals surface area contributed by atoms with Crippen LogP contribution in [0.4, 0.5) is 0 Å². The van der Waals surface area contributed by atoms with Crippen molar-refractivity contribution >= 4 is 11.8 Å². The molecule has 1 fully saturated rings. The second kappa shape index (κ2) is 8.50. The van der Waals surface area contributed by atoms with Crippen LogP contribution in [0.1, 0.15) is 51.8 Å². The van der Waals surface area contributed by atoms with E-state index in [9.17, 15) is 9.59 Å². The van der Waals surface area contributed by atoms with Gasteiger partial charge in [0.2, 0.25) is 5.91 Å². The Morgan fingerprint density at radius 2 is 1.75 bits per heavy atom. The molecule has 0 saturated heterocycles. The number of carbonyl (C=O) groups is 2. The molecule has 1 saturated carbocycles. The molecule has 5 nitrogen and oxygen atoms in total. The number of fused-ring (bicyclic) bond motifs is 1. The fraction of sp³-hybridized carbons (Fsp3) is 0.259. The van der Waals surface area contributed by atoms with Crippen LogP contribution in [-0.2, 0) is 11.3 Å². The van der Waals surface area contributed by atoms with Crippen LogP contribution in [0.3, 0.4) is 0 Å². The van der Waals surface area contributed by atoms with Gasteiger partial charge in [-0.2, -0.15) is 0 Å². The summed E-state index contributed by atoms with van der Waals surface area (Å²) in [7, 11) is 1.63. The molecular weight excluding hydrogens is 400 g/mol. The van der Waals surface area contributed by atoms with Crippen molar-refractivity contribution in [2.45, 2.75) is 37.4 Å². The zero-order valence-electron chi connectivity index (χ0n) is 18.0. The van der Waals surface area contributed by atoms with Crippen molar-refractivity contribution in [2.75, 3.05) is 7.11 Å². The van der Waals surface area contributed by atoms with Crippen molar-refractivity contribution in [1.82, 2.24) is 10.2 Å². The molecule has 1 aliphatic heterocycles. The molecule has 0 bridgehead atoms. The van der Waals surface area contributed by atoms with Crippen molar-refractivity contribution in [2.24, 2.45) is 0 Å².